The van der Waals surface area contributed by atoms with Crippen LogP contribution >= 0.6 is 15.9 Å². The lowest BCUT2D eigenvalue weighted by molar-refractivity contribution is -0.0290. The highest BCUT2D eigenvalue weighted by molar-refractivity contribution is 9.10. The summed E-state index contributed by atoms with van der Waals surface area (Å²) >= 11 is 3.48. The summed E-state index contributed by atoms with van der Waals surface area (Å²) in [5, 5.41) is 3.70. The smallest absolute Gasteiger partial charge is 0.106 e. The van der Waals surface area contributed by atoms with E-state index >= 15 is 0 Å². The number of halogens is 1. The molecule has 3 atom stereocenters. The maximum Gasteiger partial charge on any atom is 0.106 e. The number of nitrogens with zero attached hydrogens (tertiary/aromatic N) is 1. The summed E-state index contributed by atoms with van der Waals surface area (Å²) in [5.74, 6) is 0. The van der Waals surface area contributed by atoms with E-state index in [-0.39, 0.29) is 11.5 Å². The van der Waals surface area contributed by atoms with E-state index in [1.807, 2.05) is 13.2 Å². The summed E-state index contributed by atoms with van der Waals surface area (Å²) < 4.78 is 6.91. The van der Waals surface area contributed by atoms with Crippen LogP contribution in [0.2, 0.25) is 0 Å². The maximum atomic E-state index is 6.00. The van der Waals surface area contributed by atoms with Gasteiger partial charge >= 0.3 is 0 Å². The number of fused-ring (bicyclic) bond motifs is 1. The van der Waals surface area contributed by atoms with Crippen LogP contribution in [0.3, 0.4) is 0 Å². The summed E-state index contributed by atoms with van der Waals surface area (Å²) in [7, 11) is 1.86. The van der Waals surface area contributed by atoms with Crippen molar-refractivity contribution in [3.8, 4) is 0 Å². The highest BCUT2D eigenvalue weighted by Gasteiger charge is 2.48. The Morgan fingerprint density at radius 3 is 2.96 bits per heavy atom. The molecule has 1 N–H and O–H groups in total. The van der Waals surface area contributed by atoms with Gasteiger partial charge in [0, 0.05) is 30.7 Å². The molecule has 24 heavy (non-hydrogen) atoms. The number of methoxy groups -OCH3 is 1. The van der Waals surface area contributed by atoms with Crippen molar-refractivity contribution in [3.05, 3.63) is 63.9 Å². The average Bonchev–Trinajstić information content (AvgIpc) is 2.87. The fourth-order valence-corrected chi connectivity index (χ4v) is 5.06. The topological polar surface area (TPSA) is 34.1 Å². The molecule has 1 fully saturated rings. The summed E-state index contributed by atoms with van der Waals surface area (Å²) in [4.78, 5) is 4.61. The van der Waals surface area contributed by atoms with E-state index < -0.39 is 0 Å². The van der Waals surface area contributed by atoms with E-state index in [0.717, 1.165) is 36.1 Å². The Kier molecular flexibility index (Phi) is 4.46. The molecule has 3 nitrogen and oxygen atoms in total. The highest BCUT2D eigenvalue weighted by atomic mass is 79.9. The van der Waals surface area contributed by atoms with Crippen molar-refractivity contribution in [1.29, 1.82) is 0 Å². The number of hydrogen-bond donors (Lipinski definition) is 1. The third-order valence-electron chi connectivity index (χ3n) is 5.61. The van der Waals surface area contributed by atoms with Crippen molar-refractivity contribution < 1.29 is 4.74 Å². The Labute approximate surface area is 152 Å². The maximum absolute atomic E-state index is 6.00. The Morgan fingerprint density at radius 2 is 2.12 bits per heavy atom. The van der Waals surface area contributed by atoms with Crippen molar-refractivity contribution >= 4 is 15.9 Å². The summed E-state index contributed by atoms with van der Waals surface area (Å²) in [6, 6.07) is 15.4. The van der Waals surface area contributed by atoms with Gasteiger partial charge in [-0.05, 0) is 65.0 Å². The third kappa shape index (κ3) is 2.92. The summed E-state index contributed by atoms with van der Waals surface area (Å²) in [5.41, 5.74) is 4.22. The monoisotopic (exact) mass is 386 g/mol. The molecule has 0 bridgehead atoms. The van der Waals surface area contributed by atoms with Gasteiger partial charge < -0.3 is 10.1 Å². The SMILES string of the molecule is COC1c2ccccc2CC12CCNC(Cc1cccc(Br)n1)C2. The number of ether oxygens (including phenoxy) is 1. The molecular formula is C20H23BrN2O. The number of aromatic nitrogens is 1. The molecule has 2 heterocycles. The van der Waals surface area contributed by atoms with Crippen LogP contribution in [-0.4, -0.2) is 24.7 Å². The molecule has 0 amide bonds. The zero-order chi connectivity index (χ0) is 16.6. The number of hydrogen-bond acceptors (Lipinski definition) is 3. The fourth-order valence-electron chi connectivity index (χ4n) is 4.68. The number of piperidine rings is 1. The van der Waals surface area contributed by atoms with Crippen LogP contribution in [0.15, 0.2) is 47.1 Å². The van der Waals surface area contributed by atoms with Gasteiger partial charge in [-0.2, -0.15) is 0 Å². The van der Waals surface area contributed by atoms with Crippen LogP contribution in [0.5, 0.6) is 0 Å². The lowest BCUT2D eigenvalue weighted by Crippen LogP contribution is -2.47. The van der Waals surface area contributed by atoms with Crippen molar-refractivity contribution in [2.45, 2.75) is 37.8 Å². The van der Waals surface area contributed by atoms with E-state index in [4.69, 9.17) is 4.74 Å². The predicted molar refractivity (Wildman–Crippen MR) is 99.0 cm³/mol. The predicted octanol–water partition coefficient (Wildman–Crippen LogP) is 4.07. The van der Waals surface area contributed by atoms with Gasteiger partial charge in [0.2, 0.25) is 0 Å². The minimum Gasteiger partial charge on any atom is -0.376 e. The van der Waals surface area contributed by atoms with Gasteiger partial charge in [0.25, 0.3) is 0 Å². The minimum atomic E-state index is 0.216. The van der Waals surface area contributed by atoms with E-state index in [1.165, 1.54) is 17.5 Å². The Morgan fingerprint density at radius 1 is 1.25 bits per heavy atom. The van der Waals surface area contributed by atoms with Gasteiger partial charge in [0.15, 0.2) is 0 Å². The first-order valence-corrected chi connectivity index (χ1v) is 9.45. The van der Waals surface area contributed by atoms with Gasteiger partial charge in [0.05, 0.1) is 6.10 Å². The zero-order valence-corrected chi connectivity index (χ0v) is 15.6. The minimum absolute atomic E-state index is 0.216. The van der Waals surface area contributed by atoms with Gasteiger partial charge in [-0.3, -0.25) is 0 Å². The number of rotatable bonds is 3. The summed E-state index contributed by atoms with van der Waals surface area (Å²) in [6.45, 7) is 1.05. The highest BCUT2D eigenvalue weighted by Crippen LogP contribution is 2.53. The normalized spacial score (nSPS) is 28.9. The van der Waals surface area contributed by atoms with Crippen LogP contribution in [0, 0.1) is 5.41 Å². The number of nitrogens with one attached hydrogen (secondary N) is 1. The molecule has 2 aromatic rings. The molecule has 1 aromatic carbocycles. The van der Waals surface area contributed by atoms with Crippen LogP contribution in [0.1, 0.15) is 35.8 Å². The Hall–Kier alpha value is -1.23. The molecule has 3 unspecified atom stereocenters. The zero-order valence-electron chi connectivity index (χ0n) is 14.0. The standard InChI is InChI=1S/C20H23BrN2O/c1-24-19-17-7-3-2-5-14(17)12-20(19)9-10-22-16(13-20)11-15-6-4-8-18(21)23-15/h2-8,16,19,22H,9-13H2,1H3. The lowest BCUT2D eigenvalue weighted by Gasteiger charge is -2.42. The first-order valence-electron chi connectivity index (χ1n) is 8.66. The van der Waals surface area contributed by atoms with Crippen LogP contribution < -0.4 is 5.32 Å². The first-order chi connectivity index (χ1) is 11.7. The van der Waals surface area contributed by atoms with Gasteiger partial charge in [-0.1, -0.05) is 30.3 Å². The molecule has 4 heteroatoms. The molecule has 1 aromatic heterocycles. The second-order valence-corrected chi connectivity index (χ2v) is 7.93. The largest absolute Gasteiger partial charge is 0.376 e. The van der Waals surface area contributed by atoms with E-state index in [1.54, 1.807) is 0 Å². The average molecular weight is 387 g/mol. The van der Waals surface area contributed by atoms with Crippen molar-refractivity contribution in [2.75, 3.05) is 13.7 Å². The van der Waals surface area contributed by atoms with E-state index in [0.29, 0.717) is 6.04 Å². The lowest BCUT2D eigenvalue weighted by atomic mass is 9.71. The number of benzene rings is 1. The van der Waals surface area contributed by atoms with Crippen LogP contribution in [0.25, 0.3) is 0 Å². The fraction of sp³-hybridized carbons (Fsp3) is 0.450. The molecule has 4 rings (SSSR count). The Balaban J connectivity index is 1.56. The molecule has 1 saturated heterocycles. The second-order valence-electron chi connectivity index (χ2n) is 7.11. The van der Waals surface area contributed by atoms with Crippen molar-refractivity contribution in [1.82, 2.24) is 10.3 Å². The molecule has 0 saturated carbocycles. The molecule has 1 aliphatic heterocycles. The van der Waals surface area contributed by atoms with Crippen molar-refractivity contribution in [3.63, 3.8) is 0 Å². The van der Waals surface area contributed by atoms with Gasteiger partial charge in [-0.25, -0.2) is 4.98 Å². The summed E-state index contributed by atoms with van der Waals surface area (Å²) in [6.07, 6.45) is 4.62. The van der Waals surface area contributed by atoms with E-state index in [9.17, 15) is 0 Å². The molecule has 2 aliphatic rings. The second kappa shape index (κ2) is 6.58. The molecular weight excluding hydrogens is 364 g/mol. The van der Waals surface area contributed by atoms with Crippen LogP contribution in [0.4, 0.5) is 0 Å². The quantitative estimate of drug-likeness (QED) is 0.807. The number of pyridine rings is 1. The molecule has 1 aliphatic carbocycles. The molecule has 126 valence electrons. The molecule has 0 radical (unpaired) electrons. The van der Waals surface area contributed by atoms with Gasteiger partial charge in [0.1, 0.15) is 4.60 Å². The Bertz CT molecular complexity index is 735. The van der Waals surface area contributed by atoms with Gasteiger partial charge in [-0.15, -0.1) is 0 Å². The first kappa shape index (κ1) is 16.2. The van der Waals surface area contributed by atoms with Crippen molar-refractivity contribution in [2.24, 2.45) is 5.41 Å². The van der Waals surface area contributed by atoms with E-state index in [2.05, 4.69) is 62.6 Å². The third-order valence-corrected chi connectivity index (χ3v) is 6.05. The molecule has 1 spiro atoms. The van der Waals surface area contributed by atoms with Crippen LogP contribution in [-0.2, 0) is 17.6 Å².